The highest BCUT2D eigenvalue weighted by Gasteiger charge is 2.42. The maximum absolute atomic E-state index is 10.4. The molecule has 106 valence electrons. The molecule has 0 aliphatic heterocycles. The number of aliphatic hydroxyl groups excluding tert-OH is 1. The van der Waals surface area contributed by atoms with Gasteiger partial charge in [0.05, 0.1) is 13.2 Å². The molecule has 2 rings (SSSR count). The molecule has 1 N–H and O–H groups in total. The summed E-state index contributed by atoms with van der Waals surface area (Å²) in [7, 11) is 3.79. The monoisotopic (exact) mass is 263 g/mol. The molecule has 1 fully saturated rings. The third kappa shape index (κ3) is 2.93. The summed E-state index contributed by atoms with van der Waals surface area (Å²) in [6.45, 7) is 5.10. The maximum Gasteiger partial charge on any atom is 0.123 e. The van der Waals surface area contributed by atoms with E-state index >= 15 is 0 Å². The zero-order valence-corrected chi connectivity index (χ0v) is 12.4. The fraction of sp³-hybridized carbons (Fsp3) is 0.625. The van der Waals surface area contributed by atoms with Crippen LogP contribution in [-0.2, 0) is 6.54 Å². The molecule has 19 heavy (non-hydrogen) atoms. The van der Waals surface area contributed by atoms with E-state index in [1.54, 1.807) is 7.11 Å². The van der Waals surface area contributed by atoms with Gasteiger partial charge in [-0.15, -0.1) is 0 Å². The number of rotatable bonds is 4. The lowest BCUT2D eigenvalue weighted by Crippen LogP contribution is -2.41. The first-order chi connectivity index (χ1) is 8.95. The number of hydrogen-bond acceptors (Lipinski definition) is 3. The lowest BCUT2D eigenvalue weighted by molar-refractivity contribution is 0.0207. The van der Waals surface area contributed by atoms with Crippen molar-refractivity contribution >= 4 is 0 Å². The second kappa shape index (κ2) is 5.51. The molecule has 0 spiro atoms. The minimum atomic E-state index is -0.257. The number of methoxy groups -OCH3 is 1. The zero-order valence-electron chi connectivity index (χ0n) is 12.4. The smallest absolute Gasteiger partial charge is 0.123 e. The molecule has 0 radical (unpaired) electrons. The summed E-state index contributed by atoms with van der Waals surface area (Å²) in [6.07, 6.45) is 1.88. The summed E-state index contributed by atoms with van der Waals surface area (Å²) in [5.41, 5.74) is 1.20. The standard InChI is InChI=1S/C16H25NO2/c1-16(2)10-9-13(15(16)18)17(3)11-12-7-5-6-8-14(12)19-4/h5-8,13,15,18H,9-11H2,1-4H3. The van der Waals surface area contributed by atoms with Crippen LogP contribution in [0.5, 0.6) is 5.75 Å². The summed E-state index contributed by atoms with van der Waals surface area (Å²) < 4.78 is 5.39. The fourth-order valence-electron chi connectivity index (χ4n) is 3.03. The summed E-state index contributed by atoms with van der Waals surface area (Å²) in [5, 5.41) is 10.4. The molecule has 1 saturated carbocycles. The predicted molar refractivity (Wildman–Crippen MR) is 77.3 cm³/mol. The van der Waals surface area contributed by atoms with Crippen LogP contribution in [0.1, 0.15) is 32.3 Å². The van der Waals surface area contributed by atoms with E-state index in [2.05, 4.69) is 31.9 Å². The summed E-state index contributed by atoms with van der Waals surface area (Å²) in [6, 6.07) is 8.32. The third-order valence-electron chi connectivity index (χ3n) is 4.43. The van der Waals surface area contributed by atoms with Gasteiger partial charge in [0.25, 0.3) is 0 Å². The van der Waals surface area contributed by atoms with Crippen molar-refractivity contribution in [3.8, 4) is 5.75 Å². The molecule has 0 saturated heterocycles. The molecular formula is C16H25NO2. The molecule has 1 aromatic rings. The van der Waals surface area contributed by atoms with Crippen LogP contribution in [0.2, 0.25) is 0 Å². The van der Waals surface area contributed by atoms with Crippen LogP contribution >= 0.6 is 0 Å². The molecule has 1 aliphatic carbocycles. The average Bonchev–Trinajstić information content (AvgIpc) is 2.65. The van der Waals surface area contributed by atoms with E-state index in [-0.39, 0.29) is 17.6 Å². The minimum absolute atomic E-state index is 0.0275. The van der Waals surface area contributed by atoms with Gasteiger partial charge in [-0.3, -0.25) is 4.90 Å². The quantitative estimate of drug-likeness (QED) is 0.906. The maximum atomic E-state index is 10.4. The van der Waals surface area contributed by atoms with E-state index in [0.717, 1.165) is 25.1 Å². The fourth-order valence-corrected chi connectivity index (χ4v) is 3.03. The van der Waals surface area contributed by atoms with Crippen molar-refractivity contribution in [3.63, 3.8) is 0 Å². The van der Waals surface area contributed by atoms with Gasteiger partial charge in [-0.1, -0.05) is 32.0 Å². The molecule has 0 aromatic heterocycles. The van der Waals surface area contributed by atoms with Gasteiger partial charge in [0.15, 0.2) is 0 Å². The van der Waals surface area contributed by atoms with Crippen LogP contribution in [0.25, 0.3) is 0 Å². The second-order valence-corrected chi connectivity index (χ2v) is 6.27. The van der Waals surface area contributed by atoms with Gasteiger partial charge in [0.1, 0.15) is 5.75 Å². The number of aliphatic hydroxyl groups is 1. The first kappa shape index (κ1) is 14.4. The average molecular weight is 263 g/mol. The molecule has 0 bridgehead atoms. The van der Waals surface area contributed by atoms with E-state index in [4.69, 9.17) is 4.74 Å². The lowest BCUT2D eigenvalue weighted by atomic mass is 9.88. The van der Waals surface area contributed by atoms with Crippen molar-refractivity contribution in [3.05, 3.63) is 29.8 Å². The first-order valence-electron chi connectivity index (χ1n) is 6.96. The van der Waals surface area contributed by atoms with Gasteiger partial charge in [0, 0.05) is 18.2 Å². The molecule has 3 nitrogen and oxygen atoms in total. The number of para-hydroxylation sites is 1. The molecule has 2 unspecified atom stereocenters. The Balaban J connectivity index is 2.07. The van der Waals surface area contributed by atoms with E-state index < -0.39 is 0 Å². The molecule has 1 aliphatic rings. The van der Waals surface area contributed by atoms with Crippen molar-refractivity contribution in [2.75, 3.05) is 14.2 Å². The van der Waals surface area contributed by atoms with Gasteiger partial charge < -0.3 is 9.84 Å². The SMILES string of the molecule is COc1ccccc1CN(C)C1CCC(C)(C)C1O. The van der Waals surface area contributed by atoms with Crippen molar-refractivity contribution < 1.29 is 9.84 Å². The van der Waals surface area contributed by atoms with Crippen LogP contribution in [0, 0.1) is 5.41 Å². The van der Waals surface area contributed by atoms with Gasteiger partial charge >= 0.3 is 0 Å². The van der Waals surface area contributed by atoms with Crippen molar-refractivity contribution in [1.82, 2.24) is 4.90 Å². The summed E-state index contributed by atoms with van der Waals surface area (Å²) in [5.74, 6) is 0.918. The Labute approximate surface area is 116 Å². The minimum Gasteiger partial charge on any atom is -0.496 e. The highest BCUT2D eigenvalue weighted by molar-refractivity contribution is 5.33. The Bertz CT molecular complexity index is 431. The highest BCUT2D eigenvalue weighted by atomic mass is 16.5. The Kier molecular flexibility index (Phi) is 4.16. The number of benzene rings is 1. The lowest BCUT2D eigenvalue weighted by Gasteiger charge is -2.31. The van der Waals surface area contributed by atoms with Gasteiger partial charge in [-0.2, -0.15) is 0 Å². The van der Waals surface area contributed by atoms with E-state index in [1.165, 1.54) is 5.56 Å². The van der Waals surface area contributed by atoms with Gasteiger partial charge in [-0.25, -0.2) is 0 Å². The van der Waals surface area contributed by atoms with E-state index in [1.807, 2.05) is 18.2 Å². The number of nitrogens with zero attached hydrogens (tertiary/aromatic N) is 1. The van der Waals surface area contributed by atoms with Crippen LogP contribution < -0.4 is 4.74 Å². The zero-order chi connectivity index (χ0) is 14.0. The molecule has 2 atom stereocenters. The topological polar surface area (TPSA) is 32.7 Å². The summed E-state index contributed by atoms with van der Waals surface area (Å²) >= 11 is 0. The molecule has 1 aromatic carbocycles. The Morgan fingerprint density at radius 1 is 1.37 bits per heavy atom. The molecular weight excluding hydrogens is 238 g/mol. The van der Waals surface area contributed by atoms with Gasteiger partial charge in [0.2, 0.25) is 0 Å². The normalized spacial score (nSPS) is 25.8. The Morgan fingerprint density at radius 3 is 2.63 bits per heavy atom. The van der Waals surface area contributed by atoms with Crippen LogP contribution in [0.15, 0.2) is 24.3 Å². The van der Waals surface area contributed by atoms with Crippen molar-refractivity contribution in [2.24, 2.45) is 5.41 Å². The molecule has 3 heteroatoms. The number of likely N-dealkylation sites (N-methyl/N-ethyl adjacent to an activating group) is 1. The van der Waals surface area contributed by atoms with E-state index in [9.17, 15) is 5.11 Å². The number of hydrogen-bond donors (Lipinski definition) is 1. The largest absolute Gasteiger partial charge is 0.496 e. The predicted octanol–water partition coefficient (Wildman–Crippen LogP) is 2.68. The third-order valence-corrected chi connectivity index (χ3v) is 4.43. The molecule has 0 amide bonds. The van der Waals surface area contributed by atoms with Crippen molar-refractivity contribution in [1.29, 1.82) is 0 Å². The van der Waals surface area contributed by atoms with Crippen molar-refractivity contribution in [2.45, 2.75) is 45.4 Å². The van der Waals surface area contributed by atoms with E-state index in [0.29, 0.717) is 0 Å². The summed E-state index contributed by atoms with van der Waals surface area (Å²) in [4.78, 5) is 2.25. The number of ether oxygens (including phenoxy) is 1. The van der Waals surface area contributed by atoms with Gasteiger partial charge in [-0.05, 0) is 31.4 Å². The highest BCUT2D eigenvalue weighted by Crippen LogP contribution is 2.40. The van der Waals surface area contributed by atoms with Crippen LogP contribution in [0.3, 0.4) is 0 Å². The second-order valence-electron chi connectivity index (χ2n) is 6.27. The first-order valence-corrected chi connectivity index (χ1v) is 6.96. The van der Waals surface area contributed by atoms with Crippen LogP contribution in [0.4, 0.5) is 0 Å². The molecule has 0 heterocycles. The Hall–Kier alpha value is -1.06. The van der Waals surface area contributed by atoms with Crippen LogP contribution in [-0.4, -0.2) is 36.3 Å². The Morgan fingerprint density at radius 2 is 2.05 bits per heavy atom.